The van der Waals surface area contributed by atoms with E-state index < -0.39 is 0 Å². The van der Waals surface area contributed by atoms with Crippen LogP contribution in [0.15, 0.2) is 34.9 Å². The predicted molar refractivity (Wildman–Crippen MR) is 73.7 cm³/mol. The van der Waals surface area contributed by atoms with Crippen molar-refractivity contribution in [1.29, 1.82) is 0 Å². The molecular weight excluding hydrogens is 280 g/mol. The second kappa shape index (κ2) is 5.14. The van der Waals surface area contributed by atoms with Crippen LogP contribution in [0.1, 0.15) is 5.56 Å². The summed E-state index contributed by atoms with van der Waals surface area (Å²) in [5.74, 6) is 1.36. The molecule has 0 aliphatic rings. The van der Waals surface area contributed by atoms with Crippen molar-refractivity contribution < 1.29 is 0 Å². The van der Waals surface area contributed by atoms with Crippen LogP contribution < -0.4 is 10.6 Å². The van der Waals surface area contributed by atoms with Gasteiger partial charge in [-0.25, -0.2) is 4.98 Å². The third-order valence-corrected chi connectivity index (χ3v) is 3.18. The highest BCUT2D eigenvalue weighted by Gasteiger charge is 2.00. The molecule has 2 N–H and O–H groups in total. The normalized spacial score (nSPS) is 10.1. The van der Waals surface area contributed by atoms with Gasteiger partial charge in [0.2, 0.25) is 5.95 Å². The molecule has 0 atom stereocenters. The second-order valence-corrected chi connectivity index (χ2v) is 4.46. The van der Waals surface area contributed by atoms with Crippen LogP contribution in [0.4, 0.5) is 17.5 Å². The van der Waals surface area contributed by atoms with Gasteiger partial charge in [0, 0.05) is 23.4 Å². The molecule has 0 radical (unpaired) electrons. The summed E-state index contributed by atoms with van der Waals surface area (Å²) in [6.45, 7) is 2.05. The number of halogens is 1. The van der Waals surface area contributed by atoms with Gasteiger partial charge in [-0.15, -0.1) is 0 Å². The molecule has 0 aliphatic heterocycles. The summed E-state index contributed by atoms with van der Waals surface area (Å²) in [7, 11) is 1.79. The third kappa shape index (κ3) is 2.94. The van der Waals surface area contributed by atoms with E-state index in [2.05, 4.69) is 43.5 Å². The highest BCUT2D eigenvalue weighted by atomic mass is 79.9. The number of hydrogen-bond acceptors (Lipinski definition) is 4. The topological polar surface area (TPSA) is 49.8 Å². The van der Waals surface area contributed by atoms with Gasteiger partial charge in [-0.2, -0.15) is 4.98 Å². The number of rotatable bonds is 3. The Kier molecular flexibility index (Phi) is 3.58. The van der Waals surface area contributed by atoms with Crippen molar-refractivity contribution in [3.8, 4) is 0 Å². The average molecular weight is 293 g/mol. The molecule has 0 spiro atoms. The van der Waals surface area contributed by atoms with E-state index in [9.17, 15) is 0 Å². The van der Waals surface area contributed by atoms with Crippen LogP contribution in [0.3, 0.4) is 0 Å². The molecule has 0 amide bonds. The Morgan fingerprint density at radius 2 is 2.06 bits per heavy atom. The van der Waals surface area contributed by atoms with Crippen LogP contribution in [-0.4, -0.2) is 17.0 Å². The number of aryl methyl sites for hydroxylation is 1. The summed E-state index contributed by atoms with van der Waals surface area (Å²) in [5.41, 5.74) is 2.19. The molecule has 0 fully saturated rings. The summed E-state index contributed by atoms with van der Waals surface area (Å²) in [6, 6.07) is 7.92. The molecule has 1 aromatic carbocycles. The first-order chi connectivity index (χ1) is 8.19. The maximum absolute atomic E-state index is 4.29. The number of anilines is 3. The zero-order valence-corrected chi connectivity index (χ0v) is 11.2. The van der Waals surface area contributed by atoms with Gasteiger partial charge in [-0.1, -0.05) is 22.0 Å². The molecule has 0 aliphatic carbocycles. The van der Waals surface area contributed by atoms with Crippen molar-refractivity contribution in [1.82, 2.24) is 9.97 Å². The van der Waals surface area contributed by atoms with Gasteiger partial charge in [0.15, 0.2) is 0 Å². The van der Waals surface area contributed by atoms with Gasteiger partial charge in [0.25, 0.3) is 0 Å². The zero-order valence-electron chi connectivity index (χ0n) is 9.66. The maximum atomic E-state index is 4.29. The van der Waals surface area contributed by atoms with Crippen LogP contribution in [0.2, 0.25) is 0 Å². The molecule has 0 unspecified atom stereocenters. The van der Waals surface area contributed by atoms with Gasteiger partial charge in [-0.05, 0) is 30.7 Å². The van der Waals surface area contributed by atoms with E-state index in [1.807, 2.05) is 24.3 Å². The van der Waals surface area contributed by atoms with E-state index >= 15 is 0 Å². The lowest BCUT2D eigenvalue weighted by Crippen LogP contribution is -1.99. The number of aromatic nitrogens is 2. The van der Waals surface area contributed by atoms with Crippen molar-refractivity contribution in [3.05, 3.63) is 40.5 Å². The monoisotopic (exact) mass is 292 g/mol. The largest absolute Gasteiger partial charge is 0.357 e. The Balaban J connectivity index is 2.22. The van der Waals surface area contributed by atoms with Gasteiger partial charge < -0.3 is 10.6 Å². The Labute approximate surface area is 109 Å². The van der Waals surface area contributed by atoms with Crippen molar-refractivity contribution >= 4 is 33.4 Å². The van der Waals surface area contributed by atoms with Gasteiger partial charge >= 0.3 is 0 Å². The predicted octanol–water partition coefficient (Wildman–Crippen LogP) is 3.33. The molecule has 88 valence electrons. The van der Waals surface area contributed by atoms with Crippen LogP contribution in [0, 0.1) is 6.92 Å². The lowest BCUT2D eigenvalue weighted by Gasteiger charge is -2.08. The lowest BCUT2D eigenvalue weighted by atomic mass is 10.2. The number of benzene rings is 1. The van der Waals surface area contributed by atoms with Crippen LogP contribution >= 0.6 is 15.9 Å². The van der Waals surface area contributed by atoms with Crippen molar-refractivity contribution in [3.63, 3.8) is 0 Å². The third-order valence-electron chi connectivity index (χ3n) is 2.32. The van der Waals surface area contributed by atoms with E-state index in [1.165, 1.54) is 5.56 Å². The summed E-state index contributed by atoms with van der Waals surface area (Å²) < 4.78 is 1.07. The quantitative estimate of drug-likeness (QED) is 0.911. The van der Waals surface area contributed by atoms with Crippen molar-refractivity contribution in [2.45, 2.75) is 6.92 Å². The number of nitrogens with zero attached hydrogens (tertiary/aromatic N) is 2. The SMILES string of the molecule is CNc1nccc(Nc2ccc(C)c(Br)c2)n1. The first-order valence-corrected chi connectivity index (χ1v) is 6.02. The summed E-state index contributed by atoms with van der Waals surface area (Å²) >= 11 is 3.50. The highest BCUT2D eigenvalue weighted by Crippen LogP contribution is 2.22. The average Bonchev–Trinajstić information content (AvgIpc) is 2.34. The first kappa shape index (κ1) is 11.9. The zero-order chi connectivity index (χ0) is 12.3. The molecule has 4 nitrogen and oxygen atoms in total. The van der Waals surface area contributed by atoms with Gasteiger partial charge in [0.1, 0.15) is 5.82 Å². The van der Waals surface area contributed by atoms with E-state index in [4.69, 9.17) is 0 Å². The summed E-state index contributed by atoms with van der Waals surface area (Å²) in [5, 5.41) is 6.13. The van der Waals surface area contributed by atoms with E-state index in [0.717, 1.165) is 16.0 Å². The number of nitrogens with one attached hydrogen (secondary N) is 2. The van der Waals surface area contributed by atoms with E-state index in [0.29, 0.717) is 5.95 Å². The molecule has 2 rings (SSSR count). The van der Waals surface area contributed by atoms with Crippen molar-refractivity contribution in [2.75, 3.05) is 17.7 Å². The molecule has 1 heterocycles. The molecule has 17 heavy (non-hydrogen) atoms. The first-order valence-electron chi connectivity index (χ1n) is 5.23. The Bertz CT molecular complexity index is 528. The van der Waals surface area contributed by atoms with Gasteiger partial charge in [0.05, 0.1) is 0 Å². The smallest absolute Gasteiger partial charge is 0.224 e. The fourth-order valence-corrected chi connectivity index (χ4v) is 1.75. The van der Waals surface area contributed by atoms with Crippen molar-refractivity contribution in [2.24, 2.45) is 0 Å². The van der Waals surface area contributed by atoms with Crippen LogP contribution in [0.25, 0.3) is 0 Å². The fourth-order valence-electron chi connectivity index (χ4n) is 1.37. The molecule has 2 aromatic rings. The summed E-state index contributed by atoms with van der Waals surface area (Å²) in [6.07, 6.45) is 1.71. The van der Waals surface area contributed by atoms with E-state index in [1.54, 1.807) is 13.2 Å². The van der Waals surface area contributed by atoms with Crippen LogP contribution in [0.5, 0.6) is 0 Å². The summed E-state index contributed by atoms with van der Waals surface area (Å²) in [4.78, 5) is 8.35. The second-order valence-electron chi connectivity index (χ2n) is 3.60. The maximum Gasteiger partial charge on any atom is 0.224 e. The fraction of sp³-hybridized carbons (Fsp3) is 0.167. The standard InChI is InChI=1S/C12H13BrN4/c1-8-3-4-9(7-10(8)13)16-11-5-6-15-12(14-2)17-11/h3-7H,1-2H3,(H2,14,15,16,17). The Hall–Kier alpha value is -1.62. The van der Waals surface area contributed by atoms with E-state index in [-0.39, 0.29) is 0 Å². The minimum Gasteiger partial charge on any atom is -0.357 e. The molecule has 5 heteroatoms. The van der Waals surface area contributed by atoms with Crippen LogP contribution in [-0.2, 0) is 0 Å². The molecule has 0 bridgehead atoms. The minimum absolute atomic E-state index is 0.598. The highest BCUT2D eigenvalue weighted by molar-refractivity contribution is 9.10. The number of hydrogen-bond donors (Lipinski definition) is 2. The molecule has 0 saturated carbocycles. The molecule has 0 saturated heterocycles. The Morgan fingerprint density at radius 3 is 2.76 bits per heavy atom. The lowest BCUT2D eigenvalue weighted by molar-refractivity contribution is 1.15. The molecular formula is C12H13BrN4. The molecule has 1 aromatic heterocycles. The minimum atomic E-state index is 0.598. The Morgan fingerprint density at radius 1 is 1.24 bits per heavy atom. The van der Waals surface area contributed by atoms with Gasteiger partial charge in [-0.3, -0.25) is 0 Å².